The van der Waals surface area contributed by atoms with Crippen LogP contribution in [0.1, 0.15) is 29.0 Å². The number of amides is 1. The van der Waals surface area contributed by atoms with E-state index in [1.165, 1.54) is 11.3 Å². The number of thiazole rings is 1. The molecule has 1 amide bonds. The van der Waals surface area contributed by atoms with E-state index < -0.39 is 5.60 Å². The van der Waals surface area contributed by atoms with Crippen molar-refractivity contribution < 1.29 is 14.6 Å². The molecule has 7 heteroatoms. The molecule has 1 aromatic heterocycles. The molecule has 1 aromatic carbocycles. The highest BCUT2D eigenvalue weighted by Crippen LogP contribution is 2.33. The van der Waals surface area contributed by atoms with Gasteiger partial charge in [0, 0.05) is 18.0 Å². The summed E-state index contributed by atoms with van der Waals surface area (Å²) in [5.74, 6) is 0.716. The third kappa shape index (κ3) is 4.23. The largest absolute Gasteiger partial charge is 0.497 e. The predicted octanol–water partition coefficient (Wildman–Crippen LogP) is 2.69. The van der Waals surface area contributed by atoms with Gasteiger partial charge in [-0.15, -0.1) is 11.3 Å². The maximum atomic E-state index is 12.2. The molecule has 0 aliphatic carbocycles. The Morgan fingerprint density at radius 2 is 1.96 bits per heavy atom. The number of anilines is 1. The van der Waals surface area contributed by atoms with Crippen LogP contribution < -0.4 is 10.1 Å². The van der Waals surface area contributed by atoms with Gasteiger partial charge in [-0.2, -0.15) is 0 Å². The number of rotatable bonds is 5. The average molecular weight is 375 g/mol. The molecule has 1 fully saturated rings. The van der Waals surface area contributed by atoms with Crippen LogP contribution in [0.25, 0.3) is 0 Å². The van der Waals surface area contributed by atoms with Gasteiger partial charge in [0.2, 0.25) is 5.91 Å². The first-order valence-corrected chi connectivity index (χ1v) is 9.54. The summed E-state index contributed by atoms with van der Waals surface area (Å²) in [6, 6.07) is 7.55. The highest BCUT2D eigenvalue weighted by atomic mass is 32.1. The van der Waals surface area contributed by atoms with Crippen LogP contribution >= 0.6 is 11.3 Å². The molecule has 2 aromatic rings. The van der Waals surface area contributed by atoms with Crippen molar-refractivity contribution in [3.05, 3.63) is 40.4 Å². The van der Waals surface area contributed by atoms with Gasteiger partial charge in [-0.05, 0) is 44.4 Å². The Bertz CT molecular complexity index is 745. The molecule has 0 saturated carbocycles. The molecule has 0 atom stereocenters. The van der Waals surface area contributed by atoms with E-state index in [1.54, 1.807) is 7.11 Å². The molecule has 1 aliphatic heterocycles. The van der Waals surface area contributed by atoms with Gasteiger partial charge in [0.1, 0.15) is 5.75 Å². The van der Waals surface area contributed by atoms with Gasteiger partial charge in [0.05, 0.1) is 24.9 Å². The zero-order valence-corrected chi connectivity index (χ0v) is 16.2. The molecule has 2 N–H and O–H groups in total. The average Bonchev–Trinajstić information content (AvgIpc) is 2.94. The Morgan fingerprint density at radius 1 is 1.31 bits per heavy atom. The van der Waals surface area contributed by atoms with Gasteiger partial charge in [-0.1, -0.05) is 12.1 Å². The smallest absolute Gasteiger partial charge is 0.240 e. The van der Waals surface area contributed by atoms with Crippen molar-refractivity contribution >= 4 is 22.4 Å². The number of ether oxygens (including phenoxy) is 1. The standard InChI is InChI=1S/C19H25N3O3S/c1-13-14(2)26-18(20-13)21-17(23)12-22-10-8-19(24,9-11-22)15-4-6-16(25-3)7-5-15/h4-7,24H,8-12H2,1-3H3,(H,20,21,23). The van der Waals surface area contributed by atoms with Gasteiger partial charge in [0.25, 0.3) is 0 Å². The van der Waals surface area contributed by atoms with E-state index in [1.807, 2.05) is 38.1 Å². The molecular formula is C19H25N3O3S. The van der Waals surface area contributed by atoms with E-state index in [0.29, 0.717) is 37.6 Å². The number of likely N-dealkylation sites (tertiary alicyclic amines) is 1. The summed E-state index contributed by atoms with van der Waals surface area (Å²) in [5, 5.41) is 14.5. The van der Waals surface area contributed by atoms with Gasteiger partial charge < -0.3 is 15.2 Å². The first-order valence-electron chi connectivity index (χ1n) is 8.73. The molecule has 0 radical (unpaired) electrons. The number of hydrogen-bond acceptors (Lipinski definition) is 6. The predicted molar refractivity (Wildman–Crippen MR) is 103 cm³/mol. The van der Waals surface area contributed by atoms with E-state index in [9.17, 15) is 9.90 Å². The number of benzene rings is 1. The third-order valence-electron chi connectivity index (χ3n) is 4.95. The molecular weight excluding hydrogens is 350 g/mol. The van der Waals surface area contributed by atoms with Crippen molar-refractivity contribution in [3.8, 4) is 5.75 Å². The fourth-order valence-electron chi connectivity index (χ4n) is 3.16. The second-order valence-electron chi connectivity index (χ2n) is 6.75. The van der Waals surface area contributed by atoms with Crippen molar-refractivity contribution in [3.63, 3.8) is 0 Å². The quantitative estimate of drug-likeness (QED) is 0.840. The maximum absolute atomic E-state index is 12.2. The SMILES string of the molecule is COc1ccc(C2(O)CCN(CC(=O)Nc3nc(C)c(C)s3)CC2)cc1. The number of aliphatic hydroxyl groups is 1. The molecule has 2 heterocycles. The lowest BCUT2D eigenvalue weighted by Crippen LogP contribution is -2.45. The summed E-state index contributed by atoms with van der Waals surface area (Å²) >= 11 is 1.49. The van der Waals surface area contributed by atoms with Crippen molar-refractivity contribution in [2.24, 2.45) is 0 Å². The second kappa shape index (κ2) is 7.73. The Labute approximate surface area is 157 Å². The Morgan fingerprint density at radius 3 is 2.50 bits per heavy atom. The van der Waals surface area contributed by atoms with E-state index >= 15 is 0 Å². The van der Waals surface area contributed by atoms with Crippen molar-refractivity contribution in [2.75, 3.05) is 32.1 Å². The lowest BCUT2D eigenvalue weighted by atomic mass is 9.84. The molecule has 0 spiro atoms. The van der Waals surface area contributed by atoms with Crippen molar-refractivity contribution in [1.82, 2.24) is 9.88 Å². The Kier molecular flexibility index (Phi) is 5.60. The lowest BCUT2D eigenvalue weighted by Gasteiger charge is -2.38. The molecule has 0 bridgehead atoms. The normalized spacial score (nSPS) is 17.1. The number of carbonyl (C=O) groups excluding carboxylic acids is 1. The number of piperidine rings is 1. The number of nitrogens with zero attached hydrogens (tertiary/aromatic N) is 2. The Hall–Kier alpha value is -1.96. The summed E-state index contributed by atoms with van der Waals surface area (Å²) in [5.41, 5.74) is 1.01. The molecule has 0 unspecified atom stereocenters. The summed E-state index contributed by atoms with van der Waals surface area (Å²) < 4.78 is 5.17. The number of aromatic nitrogens is 1. The molecule has 1 saturated heterocycles. The van der Waals surface area contributed by atoms with E-state index in [0.717, 1.165) is 21.9 Å². The summed E-state index contributed by atoms with van der Waals surface area (Å²) in [6.45, 7) is 5.59. The van der Waals surface area contributed by atoms with Crippen LogP contribution in [-0.4, -0.2) is 47.6 Å². The van der Waals surface area contributed by atoms with E-state index in [-0.39, 0.29) is 5.91 Å². The zero-order valence-electron chi connectivity index (χ0n) is 15.4. The van der Waals surface area contributed by atoms with Crippen molar-refractivity contribution in [2.45, 2.75) is 32.3 Å². The van der Waals surface area contributed by atoms with Gasteiger partial charge in [-0.3, -0.25) is 9.69 Å². The number of carbonyl (C=O) groups is 1. The minimum atomic E-state index is -0.844. The van der Waals surface area contributed by atoms with Gasteiger partial charge in [0.15, 0.2) is 5.13 Å². The number of hydrogen-bond donors (Lipinski definition) is 2. The highest BCUT2D eigenvalue weighted by molar-refractivity contribution is 7.15. The molecule has 3 rings (SSSR count). The lowest BCUT2D eigenvalue weighted by molar-refractivity contribution is -0.118. The summed E-state index contributed by atoms with van der Waals surface area (Å²) in [7, 11) is 1.63. The highest BCUT2D eigenvalue weighted by Gasteiger charge is 2.34. The van der Waals surface area contributed by atoms with Crippen LogP contribution in [0.5, 0.6) is 5.75 Å². The summed E-state index contributed by atoms with van der Waals surface area (Å²) in [4.78, 5) is 19.8. The first kappa shape index (κ1) is 18.8. The number of nitrogens with one attached hydrogen (secondary N) is 1. The maximum Gasteiger partial charge on any atom is 0.240 e. The Balaban J connectivity index is 1.53. The van der Waals surface area contributed by atoms with E-state index in [4.69, 9.17) is 4.74 Å². The molecule has 6 nitrogen and oxygen atoms in total. The zero-order chi connectivity index (χ0) is 18.7. The molecule has 140 valence electrons. The van der Waals surface area contributed by atoms with E-state index in [2.05, 4.69) is 15.2 Å². The topological polar surface area (TPSA) is 74.7 Å². The van der Waals surface area contributed by atoms with Crippen LogP contribution in [0.2, 0.25) is 0 Å². The number of aryl methyl sites for hydroxylation is 2. The van der Waals surface area contributed by atoms with Crippen LogP contribution in [0.15, 0.2) is 24.3 Å². The van der Waals surface area contributed by atoms with Crippen LogP contribution in [0, 0.1) is 13.8 Å². The number of methoxy groups -OCH3 is 1. The van der Waals surface area contributed by atoms with Crippen LogP contribution in [-0.2, 0) is 10.4 Å². The summed E-state index contributed by atoms with van der Waals surface area (Å²) in [6.07, 6.45) is 1.20. The van der Waals surface area contributed by atoms with Crippen molar-refractivity contribution in [1.29, 1.82) is 0 Å². The second-order valence-corrected chi connectivity index (χ2v) is 7.95. The first-order chi connectivity index (χ1) is 12.4. The monoisotopic (exact) mass is 375 g/mol. The fraction of sp³-hybridized carbons (Fsp3) is 0.474. The third-order valence-corrected chi connectivity index (χ3v) is 5.94. The molecule has 26 heavy (non-hydrogen) atoms. The van der Waals surface area contributed by atoms with Crippen LogP contribution in [0.3, 0.4) is 0 Å². The van der Waals surface area contributed by atoms with Gasteiger partial charge >= 0.3 is 0 Å². The van der Waals surface area contributed by atoms with Crippen LogP contribution in [0.4, 0.5) is 5.13 Å². The molecule has 1 aliphatic rings. The minimum Gasteiger partial charge on any atom is -0.497 e. The minimum absolute atomic E-state index is 0.0614. The van der Waals surface area contributed by atoms with Gasteiger partial charge in [-0.25, -0.2) is 4.98 Å². The fourth-order valence-corrected chi connectivity index (χ4v) is 3.99.